The molecule has 1 fully saturated rings. The van der Waals surface area contributed by atoms with Gasteiger partial charge in [0, 0.05) is 56.2 Å². The molecular weight excluding hydrogens is 316 g/mol. The molecular formula is C17H22N8. The first kappa shape index (κ1) is 15.8. The van der Waals surface area contributed by atoms with E-state index in [0.717, 1.165) is 43.5 Å². The second-order valence-electron chi connectivity index (χ2n) is 6.38. The summed E-state index contributed by atoms with van der Waals surface area (Å²) in [6.07, 6.45) is 3.38. The lowest BCUT2D eigenvalue weighted by Crippen LogP contribution is -2.45. The Labute approximate surface area is 146 Å². The first-order valence-corrected chi connectivity index (χ1v) is 8.49. The molecule has 1 aliphatic rings. The monoisotopic (exact) mass is 338 g/mol. The number of nitrogens with zero attached hydrogens (tertiary/aromatic N) is 7. The molecule has 1 saturated heterocycles. The normalized spacial score (nSPS) is 15.7. The van der Waals surface area contributed by atoms with Gasteiger partial charge in [-0.3, -0.25) is 0 Å². The number of fused-ring (bicyclic) bond motifs is 1. The molecule has 8 heteroatoms. The van der Waals surface area contributed by atoms with Gasteiger partial charge < -0.3 is 15.1 Å². The van der Waals surface area contributed by atoms with Crippen LogP contribution in [0.5, 0.6) is 0 Å². The van der Waals surface area contributed by atoms with Crippen LogP contribution in [0, 0.1) is 6.92 Å². The van der Waals surface area contributed by atoms with E-state index in [1.807, 2.05) is 25.3 Å². The summed E-state index contributed by atoms with van der Waals surface area (Å²) in [5.41, 5.74) is 2.09. The van der Waals surface area contributed by atoms with Crippen LogP contribution in [0.1, 0.15) is 11.3 Å². The Morgan fingerprint density at radius 3 is 2.84 bits per heavy atom. The van der Waals surface area contributed by atoms with Crippen molar-refractivity contribution >= 4 is 17.4 Å². The molecule has 8 nitrogen and oxygen atoms in total. The number of aromatic nitrogens is 5. The molecule has 3 aromatic heterocycles. The molecule has 0 spiro atoms. The largest absolute Gasteiger partial charge is 0.366 e. The Morgan fingerprint density at radius 2 is 2.00 bits per heavy atom. The fraction of sp³-hybridized carbons (Fsp3) is 0.412. The van der Waals surface area contributed by atoms with Crippen LogP contribution in [0.15, 0.2) is 30.7 Å². The van der Waals surface area contributed by atoms with Gasteiger partial charge in [-0.2, -0.15) is 14.6 Å². The zero-order valence-electron chi connectivity index (χ0n) is 14.6. The van der Waals surface area contributed by atoms with Crippen molar-refractivity contribution in [2.45, 2.75) is 13.5 Å². The van der Waals surface area contributed by atoms with E-state index in [9.17, 15) is 0 Å². The van der Waals surface area contributed by atoms with Crippen molar-refractivity contribution < 1.29 is 0 Å². The highest BCUT2D eigenvalue weighted by Gasteiger charge is 2.18. The van der Waals surface area contributed by atoms with E-state index in [4.69, 9.17) is 0 Å². The molecule has 25 heavy (non-hydrogen) atoms. The number of hydrogen-bond acceptors (Lipinski definition) is 7. The molecule has 0 aromatic carbocycles. The molecule has 0 aliphatic carbocycles. The van der Waals surface area contributed by atoms with Crippen molar-refractivity contribution in [1.29, 1.82) is 0 Å². The smallest absolute Gasteiger partial charge is 0.254 e. The molecule has 0 atom stereocenters. The second kappa shape index (κ2) is 6.64. The molecule has 4 heterocycles. The summed E-state index contributed by atoms with van der Waals surface area (Å²) in [6.45, 7) is 6.76. The van der Waals surface area contributed by atoms with Gasteiger partial charge in [0.25, 0.3) is 5.78 Å². The summed E-state index contributed by atoms with van der Waals surface area (Å²) in [4.78, 5) is 17.9. The van der Waals surface area contributed by atoms with Gasteiger partial charge in [-0.05, 0) is 20.0 Å². The first-order valence-electron chi connectivity index (χ1n) is 8.49. The Morgan fingerprint density at radius 1 is 1.16 bits per heavy atom. The highest BCUT2D eigenvalue weighted by Crippen LogP contribution is 2.20. The van der Waals surface area contributed by atoms with Crippen LogP contribution < -0.4 is 10.2 Å². The number of pyridine rings is 1. The van der Waals surface area contributed by atoms with Gasteiger partial charge in [0.05, 0.1) is 0 Å². The standard InChI is InChI=1S/C17H22N8/c1-13-10-15(25-17(22-13)20-12-21-25)19-11-14-4-3-5-18-16(14)24-8-6-23(2)7-9-24/h3-5,10,12,19H,6-9,11H2,1-2H3. The number of likely N-dealkylation sites (N-methyl/N-ethyl adjacent to an activating group) is 1. The molecule has 0 amide bonds. The maximum Gasteiger partial charge on any atom is 0.254 e. The van der Waals surface area contributed by atoms with Crippen LogP contribution in [-0.2, 0) is 6.54 Å². The Hall–Kier alpha value is -2.74. The number of piperazine rings is 1. The van der Waals surface area contributed by atoms with E-state index in [-0.39, 0.29) is 0 Å². The topological polar surface area (TPSA) is 74.5 Å². The van der Waals surface area contributed by atoms with Crippen molar-refractivity contribution in [3.8, 4) is 0 Å². The van der Waals surface area contributed by atoms with Crippen molar-refractivity contribution in [1.82, 2.24) is 29.5 Å². The average molecular weight is 338 g/mol. The van der Waals surface area contributed by atoms with Gasteiger partial charge >= 0.3 is 0 Å². The third-order valence-electron chi connectivity index (χ3n) is 4.51. The fourth-order valence-corrected chi connectivity index (χ4v) is 3.11. The van der Waals surface area contributed by atoms with Gasteiger partial charge in [0.15, 0.2) is 0 Å². The van der Waals surface area contributed by atoms with Gasteiger partial charge in [0.2, 0.25) is 0 Å². The number of rotatable bonds is 4. The predicted octanol–water partition coefficient (Wildman–Crippen LogP) is 1.19. The average Bonchev–Trinajstić information content (AvgIpc) is 3.09. The maximum atomic E-state index is 4.63. The zero-order chi connectivity index (χ0) is 17.2. The van der Waals surface area contributed by atoms with Crippen LogP contribution >= 0.6 is 0 Å². The van der Waals surface area contributed by atoms with Crippen LogP contribution in [0.4, 0.5) is 11.6 Å². The lowest BCUT2D eigenvalue weighted by molar-refractivity contribution is 0.312. The number of nitrogens with one attached hydrogen (secondary N) is 1. The van der Waals surface area contributed by atoms with E-state index >= 15 is 0 Å². The van der Waals surface area contributed by atoms with Crippen LogP contribution in [0.2, 0.25) is 0 Å². The first-order chi connectivity index (χ1) is 12.2. The summed E-state index contributed by atoms with van der Waals surface area (Å²) in [5, 5.41) is 7.70. The van der Waals surface area contributed by atoms with E-state index in [1.54, 1.807) is 4.52 Å². The zero-order valence-corrected chi connectivity index (χ0v) is 14.6. The summed E-state index contributed by atoms with van der Waals surface area (Å²) in [6, 6.07) is 6.09. The maximum absolute atomic E-state index is 4.63. The Bertz CT molecular complexity index is 866. The van der Waals surface area contributed by atoms with Crippen molar-refractivity contribution in [2.24, 2.45) is 0 Å². The summed E-state index contributed by atoms with van der Waals surface area (Å²) in [5.74, 6) is 2.55. The second-order valence-corrected chi connectivity index (χ2v) is 6.38. The molecule has 3 aromatic rings. The molecule has 130 valence electrons. The molecule has 1 aliphatic heterocycles. The lowest BCUT2D eigenvalue weighted by atomic mass is 10.2. The summed E-state index contributed by atoms with van der Waals surface area (Å²) >= 11 is 0. The predicted molar refractivity (Wildman–Crippen MR) is 96.8 cm³/mol. The Balaban J connectivity index is 1.56. The molecule has 4 rings (SSSR count). The molecule has 0 unspecified atom stereocenters. The minimum atomic E-state index is 0.605. The molecule has 0 saturated carbocycles. The van der Waals surface area contributed by atoms with Gasteiger partial charge in [-0.25, -0.2) is 9.97 Å². The third kappa shape index (κ3) is 3.25. The van der Waals surface area contributed by atoms with Crippen LogP contribution in [-0.4, -0.2) is 62.7 Å². The van der Waals surface area contributed by atoms with Crippen LogP contribution in [0.25, 0.3) is 5.78 Å². The lowest BCUT2D eigenvalue weighted by Gasteiger charge is -2.34. The number of hydrogen-bond donors (Lipinski definition) is 1. The van der Waals surface area contributed by atoms with E-state index in [1.165, 1.54) is 11.9 Å². The van der Waals surface area contributed by atoms with Crippen molar-refractivity contribution in [3.05, 3.63) is 42.0 Å². The molecule has 0 radical (unpaired) electrons. The van der Waals surface area contributed by atoms with Gasteiger partial charge in [0.1, 0.15) is 18.0 Å². The quantitative estimate of drug-likeness (QED) is 0.766. The summed E-state index contributed by atoms with van der Waals surface area (Å²) < 4.78 is 1.72. The van der Waals surface area contributed by atoms with Crippen molar-refractivity contribution in [3.63, 3.8) is 0 Å². The number of aryl methyl sites for hydroxylation is 1. The van der Waals surface area contributed by atoms with E-state index in [0.29, 0.717) is 12.3 Å². The number of anilines is 2. The van der Waals surface area contributed by atoms with E-state index in [2.05, 4.69) is 48.3 Å². The van der Waals surface area contributed by atoms with Crippen molar-refractivity contribution in [2.75, 3.05) is 43.4 Å². The minimum Gasteiger partial charge on any atom is -0.366 e. The Kier molecular flexibility index (Phi) is 4.19. The fourth-order valence-electron chi connectivity index (χ4n) is 3.11. The van der Waals surface area contributed by atoms with E-state index < -0.39 is 0 Å². The highest BCUT2D eigenvalue weighted by molar-refractivity contribution is 5.51. The SMILES string of the molecule is Cc1cc(NCc2cccnc2N2CCN(C)CC2)n2ncnc2n1. The summed E-state index contributed by atoms with van der Waals surface area (Å²) in [7, 11) is 2.16. The van der Waals surface area contributed by atoms with Crippen LogP contribution in [0.3, 0.4) is 0 Å². The molecule has 1 N–H and O–H groups in total. The minimum absolute atomic E-state index is 0.605. The highest BCUT2D eigenvalue weighted by atomic mass is 15.4. The molecule has 0 bridgehead atoms. The third-order valence-corrected chi connectivity index (χ3v) is 4.51. The van der Waals surface area contributed by atoms with Gasteiger partial charge in [-0.1, -0.05) is 6.07 Å². The van der Waals surface area contributed by atoms with Gasteiger partial charge in [-0.15, -0.1) is 0 Å².